The Morgan fingerprint density at radius 1 is 1.25 bits per heavy atom. The Bertz CT molecular complexity index is 286. The third-order valence-corrected chi connectivity index (χ3v) is 2.66. The van der Waals surface area contributed by atoms with Gasteiger partial charge in [-0.05, 0) is 43.5 Å². The number of unbranched alkanes of at least 4 members (excludes halogenated alkanes) is 1. The lowest BCUT2D eigenvalue weighted by Gasteiger charge is -2.17. The molecule has 0 bridgehead atoms. The molecule has 0 heterocycles. The molecule has 0 aliphatic carbocycles. The monoisotopic (exact) mass is 225 g/mol. The Morgan fingerprint density at radius 3 is 2.50 bits per heavy atom. The molecule has 0 aliphatic heterocycles. The summed E-state index contributed by atoms with van der Waals surface area (Å²) in [5, 5.41) is 12.1. The molecule has 0 radical (unpaired) electrons. The molecule has 0 fully saturated rings. The number of hydrogen-bond acceptors (Lipinski definition) is 2. The zero-order valence-corrected chi connectivity index (χ0v) is 9.75. The highest BCUT2D eigenvalue weighted by Crippen LogP contribution is 2.16. The van der Waals surface area contributed by atoms with Gasteiger partial charge in [0.15, 0.2) is 0 Å². The van der Waals surface area contributed by atoms with Gasteiger partial charge in [0.25, 0.3) is 0 Å². The van der Waals surface area contributed by atoms with E-state index in [2.05, 4.69) is 12.2 Å². The summed E-state index contributed by atoms with van der Waals surface area (Å²) in [6.07, 6.45) is 2.77. The van der Waals surface area contributed by atoms with Crippen LogP contribution in [0, 0.1) is 5.82 Å². The van der Waals surface area contributed by atoms with Crippen molar-refractivity contribution in [3.05, 3.63) is 35.6 Å². The molecule has 1 aromatic rings. The number of aliphatic hydroxyl groups excluding tert-OH is 1. The predicted octanol–water partition coefficient (Wildman–Crippen LogP) is 2.64. The highest BCUT2D eigenvalue weighted by molar-refractivity contribution is 5.19. The fourth-order valence-corrected chi connectivity index (χ4v) is 1.71. The van der Waals surface area contributed by atoms with Gasteiger partial charge in [-0.3, -0.25) is 0 Å². The molecule has 2 nitrogen and oxygen atoms in total. The van der Waals surface area contributed by atoms with Crippen molar-refractivity contribution < 1.29 is 9.50 Å². The highest BCUT2D eigenvalue weighted by atomic mass is 19.1. The molecule has 1 atom stereocenters. The molecular formula is C13H20FNO. The molecule has 0 aromatic heterocycles. The van der Waals surface area contributed by atoms with Crippen molar-refractivity contribution in [2.75, 3.05) is 13.2 Å². The number of aliphatic hydroxyl groups is 1. The normalized spacial score (nSPS) is 12.7. The second-order valence-electron chi connectivity index (χ2n) is 3.90. The standard InChI is InChI=1S/C13H20FNO/c1-2-13(15-9-3-4-10-16)11-5-7-12(14)8-6-11/h5-8,13,15-16H,2-4,9-10H2,1H3. The highest BCUT2D eigenvalue weighted by Gasteiger charge is 2.07. The first-order chi connectivity index (χ1) is 7.77. The average Bonchev–Trinajstić information content (AvgIpc) is 2.31. The summed E-state index contributed by atoms with van der Waals surface area (Å²) in [6.45, 7) is 3.23. The Balaban J connectivity index is 2.44. The Morgan fingerprint density at radius 2 is 1.94 bits per heavy atom. The van der Waals surface area contributed by atoms with Crippen LogP contribution in [-0.4, -0.2) is 18.3 Å². The number of nitrogens with one attached hydrogen (secondary N) is 1. The summed E-state index contributed by atoms with van der Waals surface area (Å²) < 4.78 is 12.8. The van der Waals surface area contributed by atoms with Crippen molar-refractivity contribution >= 4 is 0 Å². The van der Waals surface area contributed by atoms with Crippen LogP contribution in [0.1, 0.15) is 37.8 Å². The Labute approximate surface area is 96.5 Å². The van der Waals surface area contributed by atoms with Crippen molar-refractivity contribution in [3.8, 4) is 0 Å². The molecule has 2 N–H and O–H groups in total. The maximum absolute atomic E-state index is 12.8. The summed E-state index contributed by atoms with van der Waals surface area (Å²) in [7, 11) is 0. The van der Waals surface area contributed by atoms with Crippen LogP contribution < -0.4 is 5.32 Å². The smallest absolute Gasteiger partial charge is 0.123 e. The van der Waals surface area contributed by atoms with Crippen molar-refractivity contribution in [2.45, 2.75) is 32.2 Å². The van der Waals surface area contributed by atoms with E-state index >= 15 is 0 Å². The van der Waals surface area contributed by atoms with Gasteiger partial charge >= 0.3 is 0 Å². The summed E-state index contributed by atoms with van der Waals surface area (Å²) in [5.74, 6) is -0.195. The molecule has 0 aliphatic rings. The van der Waals surface area contributed by atoms with Gasteiger partial charge in [0, 0.05) is 12.6 Å². The van der Waals surface area contributed by atoms with Gasteiger partial charge in [0.2, 0.25) is 0 Å². The lowest BCUT2D eigenvalue weighted by atomic mass is 10.0. The molecule has 0 spiro atoms. The van der Waals surface area contributed by atoms with E-state index in [-0.39, 0.29) is 18.5 Å². The zero-order valence-electron chi connectivity index (χ0n) is 9.75. The minimum absolute atomic E-state index is 0.195. The van der Waals surface area contributed by atoms with Crippen LogP contribution in [0.4, 0.5) is 4.39 Å². The molecule has 3 heteroatoms. The first-order valence-electron chi connectivity index (χ1n) is 5.87. The molecule has 90 valence electrons. The number of benzene rings is 1. The van der Waals surface area contributed by atoms with Crippen LogP contribution in [0.25, 0.3) is 0 Å². The van der Waals surface area contributed by atoms with E-state index < -0.39 is 0 Å². The number of hydrogen-bond donors (Lipinski definition) is 2. The van der Waals surface area contributed by atoms with Crippen molar-refractivity contribution in [3.63, 3.8) is 0 Å². The SMILES string of the molecule is CCC(NCCCCO)c1ccc(F)cc1. The Kier molecular flexibility index (Phi) is 6.04. The number of halogens is 1. The molecule has 0 amide bonds. The van der Waals surface area contributed by atoms with Crippen LogP contribution in [0.2, 0.25) is 0 Å². The van der Waals surface area contributed by atoms with E-state index in [0.29, 0.717) is 0 Å². The molecule has 16 heavy (non-hydrogen) atoms. The van der Waals surface area contributed by atoms with E-state index in [9.17, 15) is 4.39 Å². The van der Waals surface area contributed by atoms with E-state index in [0.717, 1.165) is 31.4 Å². The third-order valence-electron chi connectivity index (χ3n) is 2.66. The molecule has 1 aromatic carbocycles. The van der Waals surface area contributed by atoms with Crippen molar-refractivity contribution in [1.29, 1.82) is 0 Å². The van der Waals surface area contributed by atoms with Crippen LogP contribution in [-0.2, 0) is 0 Å². The average molecular weight is 225 g/mol. The lowest BCUT2D eigenvalue weighted by Crippen LogP contribution is -2.22. The van der Waals surface area contributed by atoms with E-state index in [1.54, 1.807) is 0 Å². The van der Waals surface area contributed by atoms with Gasteiger partial charge in [-0.2, -0.15) is 0 Å². The molecule has 1 unspecified atom stereocenters. The molecule has 0 saturated carbocycles. The van der Waals surface area contributed by atoms with Gasteiger partial charge in [-0.1, -0.05) is 19.1 Å². The van der Waals surface area contributed by atoms with Crippen molar-refractivity contribution in [2.24, 2.45) is 0 Å². The number of rotatable bonds is 7. The van der Waals surface area contributed by atoms with Gasteiger partial charge in [-0.15, -0.1) is 0 Å². The van der Waals surface area contributed by atoms with Gasteiger partial charge in [0.1, 0.15) is 5.82 Å². The first kappa shape index (κ1) is 13.1. The molecular weight excluding hydrogens is 205 g/mol. The van der Waals surface area contributed by atoms with Crippen LogP contribution in [0.5, 0.6) is 0 Å². The van der Waals surface area contributed by atoms with Crippen LogP contribution in [0.15, 0.2) is 24.3 Å². The quantitative estimate of drug-likeness (QED) is 0.699. The maximum atomic E-state index is 12.8. The largest absolute Gasteiger partial charge is 0.396 e. The second-order valence-corrected chi connectivity index (χ2v) is 3.90. The fraction of sp³-hybridized carbons (Fsp3) is 0.538. The summed E-state index contributed by atoms with van der Waals surface area (Å²) in [5.41, 5.74) is 1.12. The third kappa shape index (κ3) is 4.29. The van der Waals surface area contributed by atoms with Gasteiger partial charge in [-0.25, -0.2) is 4.39 Å². The molecule has 0 saturated heterocycles. The topological polar surface area (TPSA) is 32.3 Å². The van der Waals surface area contributed by atoms with Gasteiger partial charge < -0.3 is 10.4 Å². The minimum atomic E-state index is -0.195. The second kappa shape index (κ2) is 7.36. The van der Waals surface area contributed by atoms with E-state index in [1.165, 1.54) is 12.1 Å². The first-order valence-corrected chi connectivity index (χ1v) is 5.87. The van der Waals surface area contributed by atoms with E-state index in [1.807, 2.05) is 12.1 Å². The minimum Gasteiger partial charge on any atom is -0.396 e. The lowest BCUT2D eigenvalue weighted by molar-refractivity contribution is 0.282. The van der Waals surface area contributed by atoms with Crippen LogP contribution in [0.3, 0.4) is 0 Å². The molecule has 1 rings (SSSR count). The van der Waals surface area contributed by atoms with Gasteiger partial charge in [0.05, 0.1) is 0 Å². The van der Waals surface area contributed by atoms with E-state index in [4.69, 9.17) is 5.11 Å². The van der Waals surface area contributed by atoms with Crippen LogP contribution >= 0.6 is 0 Å². The van der Waals surface area contributed by atoms with Crippen molar-refractivity contribution in [1.82, 2.24) is 5.32 Å². The fourth-order valence-electron chi connectivity index (χ4n) is 1.71. The Hall–Kier alpha value is -0.930. The summed E-state index contributed by atoms with van der Waals surface area (Å²) in [6, 6.07) is 6.91. The zero-order chi connectivity index (χ0) is 11.8. The predicted molar refractivity (Wildman–Crippen MR) is 63.8 cm³/mol. The summed E-state index contributed by atoms with van der Waals surface area (Å²) >= 11 is 0. The maximum Gasteiger partial charge on any atom is 0.123 e. The summed E-state index contributed by atoms with van der Waals surface area (Å²) in [4.78, 5) is 0.